The number of ether oxygens (including phenoxy) is 1. The highest BCUT2D eigenvalue weighted by Gasteiger charge is 2.05. The molecule has 0 aliphatic rings. The van der Waals surface area contributed by atoms with E-state index in [1.165, 1.54) is 22.3 Å². The summed E-state index contributed by atoms with van der Waals surface area (Å²) in [6.45, 7) is 2.75. The molecule has 0 heterocycles. The van der Waals surface area contributed by atoms with Gasteiger partial charge in [0.15, 0.2) is 0 Å². The summed E-state index contributed by atoms with van der Waals surface area (Å²) in [5.41, 5.74) is 5.21. The molecule has 0 saturated heterocycles. The van der Waals surface area contributed by atoms with Gasteiger partial charge in [0, 0.05) is 0 Å². The molecule has 1 nitrogen and oxygen atoms in total. The van der Waals surface area contributed by atoms with Crippen molar-refractivity contribution in [3.8, 4) is 0 Å². The lowest BCUT2D eigenvalue weighted by molar-refractivity contribution is 0.0525. The molecule has 1 unspecified atom stereocenters. The highest BCUT2D eigenvalue weighted by molar-refractivity contribution is 5.25. The Morgan fingerprint density at radius 2 is 1.25 bits per heavy atom. The minimum absolute atomic E-state index is 0.110. The predicted octanol–water partition coefficient (Wildman–Crippen LogP) is 5.75. The fraction of sp³-hybridized carbons (Fsp3) is 0.217. The van der Waals surface area contributed by atoms with Gasteiger partial charge in [0.2, 0.25) is 0 Å². The van der Waals surface area contributed by atoms with Crippen molar-refractivity contribution in [3.05, 3.63) is 107 Å². The molecule has 0 amide bonds. The number of hydrogen-bond acceptors (Lipinski definition) is 1. The quantitative estimate of drug-likeness (QED) is 0.539. The topological polar surface area (TPSA) is 9.23 Å². The van der Waals surface area contributed by atoms with E-state index in [1.54, 1.807) is 0 Å². The first-order valence-electron chi connectivity index (χ1n) is 8.59. The molecule has 0 aromatic heterocycles. The number of aryl methyl sites for hydroxylation is 2. The molecule has 24 heavy (non-hydrogen) atoms. The Kier molecular flexibility index (Phi) is 5.81. The van der Waals surface area contributed by atoms with E-state index < -0.39 is 0 Å². The summed E-state index contributed by atoms with van der Waals surface area (Å²) in [7, 11) is 0. The van der Waals surface area contributed by atoms with Gasteiger partial charge in [-0.1, -0.05) is 84.9 Å². The molecule has 122 valence electrons. The Labute approximate surface area is 144 Å². The third-order valence-corrected chi connectivity index (χ3v) is 4.31. The van der Waals surface area contributed by atoms with Crippen LogP contribution in [-0.4, -0.2) is 0 Å². The SMILES string of the molecule is CC(OCc1cccc(CCc2ccccc2)c1)c1ccccc1. The highest BCUT2D eigenvalue weighted by atomic mass is 16.5. The average Bonchev–Trinajstić information content (AvgIpc) is 2.66. The van der Waals surface area contributed by atoms with Crippen molar-refractivity contribution in [2.45, 2.75) is 32.5 Å². The van der Waals surface area contributed by atoms with Crippen LogP contribution in [-0.2, 0) is 24.2 Å². The molecule has 0 aliphatic carbocycles. The Hall–Kier alpha value is -2.38. The van der Waals surface area contributed by atoms with Crippen molar-refractivity contribution < 1.29 is 4.74 Å². The normalized spacial score (nSPS) is 12.0. The van der Waals surface area contributed by atoms with E-state index in [1.807, 2.05) is 6.07 Å². The molecule has 0 fully saturated rings. The lowest BCUT2D eigenvalue weighted by atomic mass is 10.0. The second-order valence-electron chi connectivity index (χ2n) is 6.17. The highest BCUT2D eigenvalue weighted by Crippen LogP contribution is 2.19. The van der Waals surface area contributed by atoms with Crippen LogP contribution in [0.2, 0.25) is 0 Å². The molecule has 0 saturated carbocycles. The largest absolute Gasteiger partial charge is 0.369 e. The summed E-state index contributed by atoms with van der Waals surface area (Å²) in [4.78, 5) is 0. The van der Waals surface area contributed by atoms with Crippen molar-refractivity contribution in [2.75, 3.05) is 0 Å². The van der Waals surface area contributed by atoms with Gasteiger partial charge in [-0.05, 0) is 42.0 Å². The van der Waals surface area contributed by atoms with Crippen LogP contribution in [0.3, 0.4) is 0 Å². The maximum atomic E-state index is 6.03. The van der Waals surface area contributed by atoms with Crippen molar-refractivity contribution in [3.63, 3.8) is 0 Å². The van der Waals surface area contributed by atoms with Crippen LogP contribution < -0.4 is 0 Å². The zero-order chi connectivity index (χ0) is 16.6. The van der Waals surface area contributed by atoms with E-state index in [0.29, 0.717) is 6.61 Å². The Morgan fingerprint density at radius 3 is 2.00 bits per heavy atom. The van der Waals surface area contributed by atoms with Gasteiger partial charge >= 0.3 is 0 Å². The van der Waals surface area contributed by atoms with Crippen molar-refractivity contribution in [1.29, 1.82) is 0 Å². The van der Waals surface area contributed by atoms with Gasteiger partial charge in [0.1, 0.15) is 0 Å². The molecule has 3 rings (SSSR count). The number of rotatable bonds is 7. The Balaban J connectivity index is 1.55. The summed E-state index contributed by atoms with van der Waals surface area (Å²) in [6, 6.07) is 29.8. The number of benzene rings is 3. The van der Waals surface area contributed by atoms with E-state index >= 15 is 0 Å². The van der Waals surface area contributed by atoms with Gasteiger partial charge < -0.3 is 4.74 Å². The van der Waals surface area contributed by atoms with Gasteiger partial charge in [0.25, 0.3) is 0 Å². The molecule has 0 bridgehead atoms. The maximum Gasteiger partial charge on any atom is 0.0801 e. The predicted molar refractivity (Wildman–Crippen MR) is 99.9 cm³/mol. The lowest BCUT2D eigenvalue weighted by Crippen LogP contribution is -2.01. The van der Waals surface area contributed by atoms with Crippen LogP contribution >= 0.6 is 0 Å². The fourth-order valence-corrected chi connectivity index (χ4v) is 2.85. The molecule has 0 aliphatic heterocycles. The van der Waals surface area contributed by atoms with Crippen molar-refractivity contribution in [2.24, 2.45) is 0 Å². The second-order valence-corrected chi connectivity index (χ2v) is 6.17. The first kappa shape index (κ1) is 16.5. The van der Waals surface area contributed by atoms with E-state index in [4.69, 9.17) is 4.74 Å². The molecule has 0 N–H and O–H groups in total. The lowest BCUT2D eigenvalue weighted by Gasteiger charge is -2.14. The Bertz CT molecular complexity index is 734. The third kappa shape index (κ3) is 4.81. The number of hydrogen-bond donors (Lipinski definition) is 0. The molecule has 0 spiro atoms. The molecule has 3 aromatic rings. The van der Waals surface area contributed by atoms with E-state index in [0.717, 1.165) is 12.8 Å². The van der Waals surface area contributed by atoms with Crippen LogP contribution in [0.25, 0.3) is 0 Å². The molecule has 3 aromatic carbocycles. The van der Waals surface area contributed by atoms with Crippen LogP contribution in [0.4, 0.5) is 0 Å². The molecular formula is C23H24O. The summed E-state index contributed by atoms with van der Waals surface area (Å²) < 4.78 is 6.03. The summed E-state index contributed by atoms with van der Waals surface area (Å²) >= 11 is 0. The van der Waals surface area contributed by atoms with E-state index in [9.17, 15) is 0 Å². The maximum absolute atomic E-state index is 6.03. The molecule has 1 atom stereocenters. The molecule has 0 radical (unpaired) electrons. The zero-order valence-electron chi connectivity index (χ0n) is 14.2. The van der Waals surface area contributed by atoms with Gasteiger partial charge in [-0.3, -0.25) is 0 Å². The van der Waals surface area contributed by atoms with Crippen LogP contribution in [0.5, 0.6) is 0 Å². The monoisotopic (exact) mass is 316 g/mol. The third-order valence-electron chi connectivity index (χ3n) is 4.31. The standard InChI is InChI=1S/C23H24O/c1-19(23-13-6-3-7-14-23)24-18-22-12-8-11-21(17-22)16-15-20-9-4-2-5-10-20/h2-14,17,19H,15-16,18H2,1H3. The smallest absolute Gasteiger partial charge is 0.0801 e. The van der Waals surface area contributed by atoms with Crippen LogP contribution in [0.1, 0.15) is 35.3 Å². The molecular weight excluding hydrogens is 292 g/mol. The Morgan fingerprint density at radius 1 is 0.667 bits per heavy atom. The van der Waals surface area contributed by atoms with Crippen LogP contribution in [0, 0.1) is 0 Å². The van der Waals surface area contributed by atoms with Gasteiger partial charge in [-0.2, -0.15) is 0 Å². The van der Waals surface area contributed by atoms with Crippen molar-refractivity contribution in [1.82, 2.24) is 0 Å². The summed E-state index contributed by atoms with van der Waals surface area (Å²) in [5.74, 6) is 0. The minimum atomic E-state index is 0.110. The fourth-order valence-electron chi connectivity index (χ4n) is 2.85. The second kappa shape index (κ2) is 8.47. The summed E-state index contributed by atoms with van der Waals surface area (Å²) in [6.07, 6.45) is 2.25. The van der Waals surface area contributed by atoms with Crippen LogP contribution in [0.15, 0.2) is 84.9 Å². The van der Waals surface area contributed by atoms with E-state index in [2.05, 4.69) is 85.8 Å². The van der Waals surface area contributed by atoms with Crippen molar-refractivity contribution >= 4 is 0 Å². The summed E-state index contributed by atoms with van der Waals surface area (Å²) in [5, 5.41) is 0. The zero-order valence-corrected chi connectivity index (χ0v) is 14.2. The first-order chi connectivity index (χ1) is 11.8. The van der Waals surface area contributed by atoms with Gasteiger partial charge in [-0.15, -0.1) is 0 Å². The minimum Gasteiger partial charge on any atom is -0.369 e. The first-order valence-corrected chi connectivity index (χ1v) is 8.59. The van der Waals surface area contributed by atoms with E-state index in [-0.39, 0.29) is 6.10 Å². The van der Waals surface area contributed by atoms with Gasteiger partial charge in [0.05, 0.1) is 12.7 Å². The van der Waals surface area contributed by atoms with Gasteiger partial charge in [-0.25, -0.2) is 0 Å². The molecule has 1 heteroatoms. The average molecular weight is 316 g/mol.